The van der Waals surface area contributed by atoms with Crippen LogP contribution in [0.5, 0.6) is 0 Å². The Morgan fingerprint density at radius 1 is 1.40 bits per heavy atom. The number of nitrogens with zero attached hydrogens (tertiary/aromatic N) is 2. The maximum atomic E-state index is 7.49. The topological polar surface area (TPSA) is 56.4 Å². The molecule has 20 heavy (non-hydrogen) atoms. The van der Waals surface area contributed by atoms with Crippen molar-refractivity contribution in [2.75, 3.05) is 27.2 Å². The van der Waals surface area contributed by atoms with Crippen LogP contribution in [0.2, 0.25) is 0 Å². The summed E-state index contributed by atoms with van der Waals surface area (Å²) in [5.74, 6) is 0.851. The normalized spacial score (nSPS) is 23.4. The molecule has 1 aliphatic heterocycles. The summed E-state index contributed by atoms with van der Waals surface area (Å²) >= 11 is 0. The minimum Gasteiger partial charge on any atom is -0.384 e. The third-order valence-corrected chi connectivity index (χ3v) is 4.36. The molecule has 0 bridgehead atoms. The Balaban J connectivity index is 2.06. The minimum atomic E-state index is 0.141. The highest BCUT2D eigenvalue weighted by molar-refractivity contribution is 5.95. The van der Waals surface area contributed by atoms with Gasteiger partial charge < -0.3 is 10.6 Å². The van der Waals surface area contributed by atoms with Gasteiger partial charge in [-0.1, -0.05) is 19.1 Å². The maximum absolute atomic E-state index is 7.49. The van der Waals surface area contributed by atoms with Crippen LogP contribution in [-0.4, -0.2) is 48.9 Å². The van der Waals surface area contributed by atoms with E-state index in [1.54, 1.807) is 0 Å². The lowest BCUT2D eigenvalue weighted by Gasteiger charge is -2.22. The Morgan fingerprint density at radius 3 is 2.60 bits per heavy atom. The van der Waals surface area contributed by atoms with Gasteiger partial charge in [-0.15, -0.1) is 0 Å². The number of rotatable bonds is 4. The molecule has 3 N–H and O–H groups in total. The Hall–Kier alpha value is -1.39. The van der Waals surface area contributed by atoms with Gasteiger partial charge in [0.1, 0.15) is 5.84 Å². The molecule has 4 heteroatoms. The quantitative estimate of drug-likeness (QED) is 0.648. The summed E-state index contributed by atoms with van der Waals surface area (Å²) in [5, 5.41) is 7.49. The number of hydrogen-bond acceptors (Lipinski definition) is 3. The Morgan fingerprint density at radius 2 is 2.10 bits per heavy atom. The van der Waals surface area contributed by atoms with Crippen LogP contribution in [0.25, 0.3) is 0 Å². The van der Waals surface area contributed by atoms with E-state index in [0.717, 1.165) is 25.2 Å². The zero-order valence-corrected chi connectivity index (χ0v) is 13.0. The second kappa shape index (κ2) is 5.94. The van der Waals surface area contributed by atoms with Crippen LogP contribution >= 0.6 is 0 Å². The molecule has 1 saturated heterocycles. The monoisotopic (exact) mass is 274 g/mol. The smallest absolute Gasteiger partial charge is 0.122 e. The van der Waals surface area contributed by atoms with Crippen LogP contribution < -0.4 is 5.73 Å². The van der Waals surface area contributed by atoms with Crippen LogP contribution in [0.15, 0.2) is 18.2 Å². The molecule has 4 nitrogen and oxygen atoms in total. The van der Waals surface area contributed by atoms with Gasteiger partial charge in [0.05, 0.1) is 0 Å². The van der Waals surface area contributed by atoms with Crippen molar-refractivity contribution in [2.45, 2.75) is 26.4 Å². The zero-order chi connectivity index (χ0) is 14.9. The fraction of sp³-hybridized carbons (Fsp3) is 0.562. The molecule has 0 amide bonds. The van der Waals surface area contributed by atoms with Crippen molar-refractivity contribution < 1.29 is 0 Å². The molecule has 0 aromatic heterocycles. The molecule has 1 aromatic carbocycles. The van der Waals surface area contributed by atoms with E-state index in [1.165, 1.54) is 11.1 Å². The van der Waals surface area contributed by atoms with Gasteiger partial charge in [0.2, 0.25) is 0 Å². The second-order valence-corrected chi connectivity index (χ2v) is 6.26. The molecule has 1 aliphatic rings. The van der Waals surface area contributed by atoms with Gasteiger partial charge in [-0.3, -0.25) is 10.3 Å². The van der Waals surface area contributed by atoms with E-state index in [2.05, 4.69) is 43.8 Å². The highest BCUT2D eigenvalue weighted by Gasteiger charge is 2.30. The van der Waals surface area contributed by atoms with Crippen molar-refractivity contribution in [2.24, 2.45) is 11.7 Å². The van der Waals surface area contributed by atoms with E-state index < -0.39 is 0 Å². The molecule has 2 atom stereocenters. The number of benzene rings is 1. The third-order valence-electron chi connectivity index (χ3n) is 4.36. The minimum absolute atomic E-state index is 0.141. The SMILES string of the molecule is Cc1cc(C(=N)N)ccc1CN1CC(C)C(N(C)C)C1. The molecule has 0 saturated carbocycles. The van der Waals surface area contributed by atoms with Gasteiger partial charge in [-0.2, -0.15) is 0 Å². The first-order valence-corrected chi connectivity index (χ1v) is 7.21. The number of nitrogens with one attached hydrogen (secondary N) is 1. The summed E-state index contributed by atoms with van der Waals surface area (Å²) in [6.07, 6.45) is 0. The molecule has 0 aliphatic carbocycles. The van der Waals surface area contributed by atoms with Crippen molar-refractivity contribution in [1.29, 1.82) is 5.41 Å². The van der Waals surface area contributed by atoms with Crippen molar-refractivity contribution in [3.8, 4) is 0 Å². The number of nitrogens with two attached hydrogens (primary N) is 1. The first kappa shape index (κ1) is 15.0. The van der Waals surface area contributed by atoms with Crippen molar-refractivity contribution >= 4 is 5.84 Å². The largest absolute Gasteiger partial charge is 0.384 e. The van der Waals surface area contributed by atoms with Crippen molar-refractivity contribution in [3.05, 3.63) is 34.9 Å². The maximum Gasteiger partial charge on any atom is 0.122 e. The average Bonchev–Trinajstić information content (AvgIpc) is 2.73. The van der Waals surface area contributed by atoms with Gasteiger partial charge in [-0.25, -0.2) is 0 Å². The Kier molecular flexibility index (Phi) is 4.45. The Labute approximate surface area is 122 Å². The summed E-state index contributed by atoms with van der Waals surface area (Å²) in [5.41, 5.74) is 8.90. The molecule has 1 aromatic rings. The van der Waals surface area contributed by atoms with Crippen LogP contribution in [0.3, 0.4) is 0 Å². The number of hydrogen-bond donors (Lipinski definition) is 2. The number of amidine groups is 1. The van der Waals surface area contributed by atoms with Gasteiger partial charge in [0.15, 0.2) is 0 Å². The molecule has 0 radical (unpaired) electrons. The van der Waals surface area contributed by atoms with Gasteiger partial charge in [0, 0.05) is 31.2 Å². The van der Waals surface area contributed by atoms with Crippen molar-refractivity contribution in [3.63, 3.8) is 0 Å². The predicted octanol–water partition coefficient (Wildman–Crippen LogP) is 1.66. The van der Waals surface area contributed by atoms with E-state index in [-0.39, 0.29) is 5.84 Å². The van der Waals surface area contributed by atoms with Crippen LogP contribution in [0, 0.1) is 18.3 Å². The zero-order valence-electron chi connectivity index (χ0n) is 13.0. The first-order chi connectivity index (χ1) is 9.38. The fourth-order valence-electron chi connectivity index (χ4n) is 3.13. The van der Waals surface area contributed by atoms with Gasteiger partial charge >= 0.3 is 0 Å². The average molecular weight is 274 g/mol. The highest BCUT2D eigenvalue weighted by atomic mass is 15.2. The molecular weight excluding hydrogens is 248 g/mol. The fourth-order valence-corrected chi connectivity index (χ4v) is 3.13. The lowest BCUT2D eigenvalue weighted by atomic mass is 10.0. The number of likely N-dealkylation sites (N-methyl/N-ethyl adjacent to an activating group) is 1. The van der Waals surface area contributed by atoms with Crippen LogP contribution in [0.4, 0.5) is 0 Å². The standard InChI is InChI=1S/C16H26N4/c1-11-7-13(16(17)18)5-6-14(11)9-20-8-12(2)15(10-20)19(3)4/h5-7,12,15H,8-10H2,1-4H3,(H3,17,18). The van der Waals surface area contributed by atoms with Crippen LogP contribution in [0.1, 0.15) is 23.6 Å². The number of nitrogen functional groups attached to an aromatic ring is 1. The third kappa shape index (κ3) is 3.19. The van der Waals surface area contributed by atoms with Gasteiger partial charge in [-0.05, 0) is 44.1 Å². The summed E-state index contributed by atoms with van der Waals surface area (Å²) in [6.45, 7) is 7.69. The summed E-state index contributed by atoms with van der Waals surface area (Å²) in [7, 11) is 4.33. The molecule has 110 valence electrons. The van der Waals surface area contributed by atoms with Crippen molar-refractivity contribution in [1.82, 2.24) is 9.80 Å². The molecule has 2 rings (SSSR count). The molecular formula is C16H26N4. The number of likely N-dealkylation sites (tertiary alicyclic amines) is 1. The molecule has 2 unspecified atom stereocenters. The predicted molar refractivity (Wildman–Crippen MR) is 84.1 cm³/mol. The van der Waals surface area contributed by atoms with Gasteiger partial charge in [0.25, 0.3) is 0 Å². The lowest BCUT2D eigenvalue weighted by molar-refractivity contribution is 0.250. The summed E-state index contributed by atoms with van der Waals surface area (Å²) in [4.78, 5) is 4.85. The van der Waals surface area contributed by atoms with E-state index in [0.29, 0.717) is 12.0 Å². The molecule has 1 fully saturated rings. The molecule has 0 spiro atoms. The Bertz CT molecular complexity index is 495. The van der Waals surface area contributed by atoms with E-state index in [4.69, 9.17) is 11.1 Å². The summed E-state index contributed by atoms with van der Waals surface area (Å²) < 4.78 is 0. The summed E-state index contributed by atoms with van der Waals surface area (Å²) in [6, 6.07) is 6.72. The van der Waals surface area contributed by atoms with E-state index in [9.17, 15) is 0 Å². The van der Waals surface area contributed by atoms with Crippen LogP contribution in [-0.2, 0) is 6.54 Å². The lowest BCUT2D eigenvalue weighted by Crippen LogP contribution is -2.34. The van der Waals surface area contributed by atoms with E-state index >= 15 is 0 Å². The molecule has 1 heterocycles. The van der Waals surface area contributed by atoms with E-state index in [1.807, 2.05) is 12.1 Å². The second-order valence-electron chi connectivity index (χ2n) is 6.26. The highest BCUT2D eigenvalue weighted by Crippen LogP contribution is 2.23. The number of aryl methyl sites for hydroxylation is 1. The first-order valence-electron chi connectivity index (χ1n) is 7.21.